The van der Waals surface area contributed by atoms with E-state index in [1.165, 1.54) is 12.8 Å². The van der Waals surface area contributed by atoms with Crippen molar-refractivity contribution in [2.24, 2.45) is 5.92 Å². The second-order valence-corrected chi connectivity index (χ2v) is 9.51. The highest BCUT2D eigenvalue weighted by molar-refractivity contribution is 5.80. The standard InChI is InChI=1S/C23H32N4O3/c28-21-4-3-10-25(21)11-7-22(29)26-13-17-12-19(16-26)20-6-5-18(23(30)27(20)14-17)15-24-8-1-2-9-24/h5-6,17,19H,1-4,7-16H2/t17-,19+/m0/s1. The summed E-state index contributed by atoms with van der Waals surface area (Å²) in [5.41, 5.74) is 2.17. The lowest BCUT2D eigenvalue weighted by atomic mass is 9.83. The topological polar surface area (TPSA) is 65.9 Å². The van der Waals surface area contributed by atoms with Gasteiger partial charge >= 0.3 is 0 Å². The molecule has 0 spiro atoms. The second kappa shape index (κ2) is 8.17. The van der Waals surface area contributed by atoms with Crippen molar-refractivity contribution >= 4 is 11.8 Å². The second-order valence-electron chi connectivity index (χ2n) is 9.51. The zero-order chi connectivity index (χ0) is 20.7. The van der Waals surface area contributed by atoms with Crippen molar-refractivity contribution in [3.05, 3.63) is 33.7 Å². The minimum absolute atomic E-state index is 0.144. The highest BCUT2D eigenvalue weighted by Gasteiger charge is 2.36. The zero-order valence-electron chi connectivity index (χ0n) is 17.7. The number of hydrogen-bond acceptors (Lipinski definition) is 4. The van der Waals surface area contributed by atoms with Gasteiger partial charge in [0.25, 0.3) is 5.56 Å². The van der Waals surface area contributed by atoms with Gasteiger partial charge < -0.3 is 14.4 Å². The first kappa shape index (κ1) is 19.8. The van der Waals surface area contributed by atoms with Gasteiger partial charge in [-0.3, -0.25) is 19.3 Å². The monoisotopic (exact) mass is 412 g/mol. The summed E-state index contributed by atoms with van der Waals surface area (Å²) in [5.74, 6) is 0.902. The summed E-state index contributed by atoms with van der Waals surface area (Å²) >= 11 is 0. The van der Waals surface area contributed by atoms with Crippen LogP contribution in [0.5, 0.6) is 0 Å². The van der Waals surface area contributed by atoms with Crippen LogP contribution in [-0.4, -0.2) is 70.3 Å². The molecule has 0 saturated carbocycles. The van der Waals surface area contributed by atoms with Crippen LogP contribution in [-0.2, 0) is 22.7 Å². The van der Waals surface area contributed by atoms with E-state index in [-0.39, 0.29) is 23.3 Å². The minimum atomic E-state index is 0.144. The minimum Gasteiger partial charge on any atom is -0.342 e. The summed E-state index contributed by atoms with van der Waals surface area (Å²) in [5, 5.41) is 0. The molecule has 0 aromatic carbocycles. The first-order valence-electron chi connectivity index (χ1n) is 11.6. The Balaban J connectivity index is 1.26. The summed E-state index contributed by atoms with van der Waals surface area (Å²) < 4.78 is 1.99. The maximum atomic E-state index is 13.1. The molecular weight excluding hydrogens is 380 g/mol. The fraction of sp³-hybridized carbons (Fsp3) is 0.696. The van der Waals surface area contributed by atoms with E-state index in [9.17, 15) is 14.4 Å². The quantitative estimate of drug-likeness (QED) is 0.733. The molecule has 1 aromatic heterocycles. The normalized spacial score (nSPS) is 26.3. The molecule has 1 aromatic rings. The molecule has 2 bridgehead atoms. The highest BCUT2D eigenvalue weighted by Crippen LogP contribution is 2.35. The Labute approximate surface area is 177 Å². The van der Waals surface area contributed by atoms with E-state index in [1.54, 1.807) is 0 Å². The van der Waals surface area contributed by atoms with Crippen LogP contribution >= 0.6 is 0 Å². The number of carbonyl (C=O) groups excluding carboxylic acids is 2. The van der Waals surface area contributed by atoms with Crippen molar-refractivity contribution < 1.29 is 9.59 Å². The van der Waals surface area contributed by atoms with Gasteiger partial charge in [0.05, 0.1) is 0 Å². The van der Waals surface area contributed by atoms with Gasteiger partial charge in [-0.05, 0) is 50.8 Å². The Kier molecular flexibility index (Phi) is 5.39. The third-order valence-corrected chi connectivity index (χ3v) is 7.40. The van der Waals surface area contributed by atoms with Gasteiger partial charge in [-0.2, -0.15) is 0 Å². The predicted molar refractivity (Wildman–Crippen MR) is 113 cm³/mol. The summed E-state index contributed by atoms with van der Waals surface area (Å²) in [7, 11) is 0. The van der Waals surface area contributed by atoms with Crippen LogP contribution in [0.2, 0.25) is 0 Å². The van der Waals surface area contributed by atoms with E-state index in [1.807, 2.05) is 20.4 Å². The fourth-order valence-electron chi connectivity index (χ4n) is 5.83. The van der Waals surface area contributed by atoms with E-state index >= 15 is 0 Å². The van der Waals surface area contributed by atoms with E-state index in [0.717, 1.165) is 56.8 Å². The largest absolute Gasteiger partial charge is 0.342 e. The van der Waals surface area contributed by atoms with Crippen LogP contribution in [0.3, 0.4) is 0 Å². The molecule has 162 valence electrons. The molecule has 5 rings (SSSR count). The smallest absolute Gasteiger partial charge is 0.255 e. The van der Waals surface area contributed by atoms with Gasteiger partial charge in [0.1, 0.15) is 0 Å². The van der Waals surface area contributed by atoms with Gasteiger partial charge in [-0.1, -0.05) is 6.07 Å². The fourth-order valence-corrected chi connectivity index (χ4v) is 5.83. The summed E-state index contributed by atoms with van der Waals surface area (Å²) in [4.78, 5) is 43.9. The van der Waals surface area contributed by atoms with E-state index in [2.05, 4.69) is 11.0 Å². The maximum absolute atomic E-state index is 13.1. The van der Waals surface area contributed by atoms with E-state index in [4.69, 9.17) is 0 Å². The van der Waals surface area contributed by atoms with Crippen molar-refractivity contribution in [3.63, 3.8) is 0 Å². The lowest BCUT2D eigenvalue weighted by Crippen LogP contribution is -2.50. The van der Waals surface area contributed by atoms with Crippen molar-refractivity contribution in [1.82, 2.24) is 19.3 Å². The number of fused-ring (bicyclic) bond motifs is 4. The molecule has 0 unspecified atom stereocenters. The molecule has 2 amide bonds. The summed E-state index contributed by atoms with van der Waals surface area (Å²) in [6.07, 6.45) is 5.45. The van der Waals surface area contributed by atoms with Crippen molar-refractivity contribution in [1.29, 1.82) is 0 Å². The predicted octanol–water partition coefficient (Wildman–Crippen LogP) is 1.40. The number of aromatic nitrogens is 1. The van der Waals surface area contributed by atoms with E-state index in [0.29, 0.717) is 38.4 Å². The number of piperidine rings is 1. The first-order chi connectivity index (χ1) is 14.6. The molecule has 7 nitrogen and oxygen atoms in total. The van der Waals surface area contributed by atoms with Crippen LogP contribution in [0, 0.1) is 5.92 Å². The van der Waals surface area contributed by atoms with Crippen LogP contribution in [0.1, 0.15) is 55.7 Å². The molecule has 3 fully saturated rings. The number of pyridine rings is 1. The molecule has 30 heavy (non-hydrogen) atoms. The molecule has 5 heterocycles. The SMILES string of the molecule is O=C1CCCN1CCC(=O)N1C[C@@H]2C[C@H](C1)c1ccc(CN3CCCC3)c(=O)n1C2. The Morgan fingerprint density at radius 2 is 1.83 bits per heavy atom. The molecule has 4 aliphatic rings. The maximum Gasteiger partial charge on any atom is 0.255 e. The van der Waals surface area contributed by atoms with Gasteiger partial charge in [-0.25, -0.2) is 0 Å². The number of nitrogens with zero attached hydrogens (tertiary/aromatic N) is 4. The molecule has 2 atom stereocenters. The summed E-state index contributed by atoms with van der Waals surface area (Å²) in [6.45, 7) is 6.40. The van der Waals surface area contributed by atoms with Crippen LogP contribution in [0.25, 0.3) is 0 Å². The van der Waals surface area contributed by atoms with Gasteiger partial charge in [-0.15, -0.1) is 0 Å². The Morgan fingerprint density at radius 3 is 2.60 bits per heavy atom. The Hall–Kier alpha value is -2.15. The van der Waals surface area contributed by atoms with Crippen molar-refractivity contribution in [2.45, 2.75) is 57.5 Å². The third-order valence-electron chi connectivity index (χ3n) is 7.40. The third kappa shape index (κ3) is 3.80. The lowest BCUT2D eigenvalue weighted by molar-refractivity contribution is -0.135. The number of rotatable bonds is 5. The van der Waals surface area contributed by atoms with Gasteiger partial charge in [0, 0.05) is 69.3 Å². The molecule has 4 aliphatic heterocycles. The van der Waals surface area contributed by atoms with Crippen LogP contribution < -0.4 is 5.56 Å². The van der Waals surface area contributed by atoms with Crippen molar-refractivity contribution in [2.75, 3.05) is 39.3 Å². The molecule has 7 heteroatoms. The van der Waals surface area contributed by atoms with Crippen LogP contribution in [0.15, 0.2) is 16.9 Å². The average Bonchev–Trinajstić information content (AvgIpc) is 3.40. The highest BCUT2D eigenvalue weighted by atomic mass is 16.2. The Bertz CT molecular complexity index is 889. The van der Waals surface area contributed by atoms with Crippen molar-refractivity contribution in [3.8, 4) is 0 Å². The number of likely N-dealkylation sites (tertiary alicyclic amines) is 3. The lowest BCUT2D eigenvalue weighted by Gasteiger charge is -2.43. The molecular formula is C23H32N4O3. The first-order valence-corrected chi connectivity index (χ1v) is 11.6. The number of carbonyl (C=O) groups is 2. The number of hydrogen-bond donors (Lipinski definition) is 0. The molecule has 0 radical (unpaired) electrons. The zero-order valence-corrected chi connectivity index (χ0v) is 17.7. The molecule has 0 aliphatic carbocycles. The summed E-state index contributed by atoms with van der Waals surface area (Å²) in [6, 6.07) is 4.15. The van der Waals surface area contributed by atoms with Gasteiger partial charge in [0.15, 0.2) is 0 Å². The molecule has 3 saturated heterocycles. The average molecular weight is 413 g/mol. The van der Waals surface area contributed by atoms with Gasteiger partial charge in [0.2, 0.25) is 11.8 Å². The molecule has 0 N–H and O–H groups in total. The number of amides is 2. The van der Waals surface area contributed by atoms with Crippen LogP contribution in [0.4, 0.5) is 0 Å². The Morgan fingerprint density at radius 1 is 1.00 bits per heavy atom. The van der Waals surface area contributed by atoms with E-state index < -0.39 is 0 Å².